The molecule has 0 aliphatic carbocycles. The summed E-state index contributed by atoms with van der Waals surface area (Å²) in [5.41, 5.74) is 2.65. The Labute approximate surface area is 145 Å². The Morgan fingerprint density at radius 3 is 2.21 bits per heavy atom. The topological polar surface area (TPSA) is 57.7 Å². The van der Waals surface area contributed by atoms with Crippen LogP contribution in [0.5, 0.6) is 0 Å². The Balaban J connectivity index is 2.09. The molecular formula is C18H28N2O3S. The van der Waals surface area contributed by atoms with Gasteiger partial charge in [-0.05, 0) is 55.9 Å². The van der Waals surface area contributed by atoms with E-state index < -0.39 is 10.0 Å². The van der Waals surface area contributed by atoms with Crippen molar-refractivity contribution < 1.29 is 13.2 Å². The zero-order valence-electron chi connectivity index (χ0n) is 15.1. The van der Waals surface area contributed by atoms with Gasteiger partial charge in [0.2, 0.25) is 15.9 Å². The van der Waals surface area contributed by atoms with Crippen LogP contribution in [-0.2, 0) is 14.8 Å². The molecule has 0 N–H and O–H groups in total. The van der Waals surface area contributed by atoms with Crippen molar-refractivity contribution in [2.45, 2.75) is 40.0 Å². The molecule has 1 saturated heterocycles. The Bertz CT molecular complexity index is 672. The number of carbonyl (C=O) groups is 1. The molecule has 1 fully saturated rings. The zero-order chi connectivity index (χ0) is 17.9. The summed E-state index contributed by atoms with van der Waals surface area (Å²) in [6.07, 6.45) is 3.46. The zero-order valence-corrected chi connectivity index (χ0v) is 15.9. The number of carbonyl (C=O) groups excluding carboxylic acids is 1. The van der Waals surface area contributed by atoms with Crippen LogP contribution < -0.4 is 4.31 Å². The molecule has 24 heavy (non-hydrogen) atoms. The highest BCUT2D eigenvalue weighted by Crippen LogP contribution is 2.22. The minimum absolute atomic E-state index is 0.0416. The highest BCUT2D eigenvalue weighted by molar-refractivity contribution is 7.92. The largest absolute Gasteiger partial charge is 0.343 e. The number of likely N-dealkylation sites (tertiary alicyclic amines) is 1. The number of amides is 1. The van der Waals surface area contributed by atoms with Crippen molar-refractivity contribution in [2.75, 3.05) is 30.2 Å². The van der Waals surface area contributed by atoms with Crippen LogP contribution >= 0.6 is 0 Å². The summed E-state index contributed by atoms with van der Waals surface area (Å²) in [7, 11) is -3.42. The molecule has 134 valence electrons. The summed E-state index contributed by atoms with van der Waals surface area (Å²) in [6.45, 7) is 7.83. The first kappa shape index (κ1) is 18.8. The molecule has 0 spiro atoms. The van der Waals surface area contributed by atoms with Crippen LogP contribution in [0.2, 0.25) is 0 Å². The molecule has 0 radical (unpaired) electrons. The molecule has 2 rings (SSSR count). The lowest BCUT2D eigenvalue weighted by Crippen LogP contribution is -2.40. The van der Waals surface area contributed by atoms with Crippen LogP contribution in [0.1, 0.15) is 37.3 Å². The summed E-state index contributed by atoms with van der Waals surface area (Å²) in [6, 6.07) is 5.70. The van der Waals surface area contributed by atoms with Gasteiger partial charge in [-0.3, -0.25) is 9.10 Å². The second-order valence-electron chi connectivity index (χ2n) is 6.99. The van der Waals surface area contributed by atoms with Gasteiger partial charge in [-0.25, -0.2) is 8.42 Å². The number of benzene rings is 1. The molecule has 0 saturated carbocycles. The normalized spacial score (nSPS) is 16.2. The first-order valence-electron chi connectivity index (χ1n) is 8.50. The first-order valence-corrected chi connectivity index (χ1v) is 10.4. The maximum atomic E-state index is 12.4. The molecule has 1 aliphatic heterocycles. The second-order valence-corrected chi connectivity index (χ2v) is 8.90. The maximum absolute atomic E-state index is 12.4. The molecule has 0 bridgehead atoms. The van der Waals surface area contributed by atoms with Gasteiger partial charge in [0.1, 0.15) is 0 Å². The lowest BCUT2D eigenvalue weighted by atomic mass is 9.99. The average molecular weight is 353 g/mol. The van der Waals surface area contributed by atoms with Crippen molar-refractivity contribution in [3.63, 3.8) is 0 Å². The minimum Gasteiger partial charge on any atom is -0.343 e. The van der Waals surface area contributed by atoms with E-state index in [1.165, 1.54) is 10.6 Å². The maximum Gasteiger partial charge on any atom is 0.232 e. The van der Waals surface area contributed by atoms with Gasteiger partial charge < -0.3 is 4.90 Å². The molecule has 1 aromatic rings. The molecular weight excluding hydrogens is 324 g/mol. The number of nitrogens with zero attached hydrogens (tertiary/aromatic N) is 2. The lowest BCUT2D eigenvalue weighted by molar-refractivity contribution is -0.132. The minimum atomic E-state index is -3.42. The number of rotatable bonds is 5. The Kier molecular flexibility index (Phi) is 5.91. The van der Waals surface area contributed by atoms with E-state index in [0.717, 1.165) is 37.1 Å². The van der Waals surface area contributed by atoms with Crippen molar-refractivity contribution in [2.24, 2.45) is 5.92 Å². The average Bonchev–Trinajstić information content (AvgIpc) is 2.45. The molecule has 1 heterocycles. The summed E-state index contributed by atoms with van der Waals surface area (Å²) in [5, 5.41) is 0. The fourth-order valence-corrected chi connectivity index (χ4v) is 4.11. The van der Waals surface area contributed by atoms with Gasteiger partial charge in [0.15, 0.2) is 0 Å². The SMILES string of the molecule is Cc1cc(C)cc(N(CCC(=O)N2CCC(C)CC2)S(C)(=O)=O)c1. The number of aryl methyl sites for hydroxylation is 2. The van der Waals surface area contributed by atoms with Crippen LogP contribution in [-0.4, -0.2) is 45.1 Å². The Morgan fingerprint density at radius 1 is 1.17 bits per heavy atom. The molecule has 1 aromatic carbocycles. The number of hydrogen-bond acceptors (Lipinski definition) is 3. The van der Waals surface area contributed by atoms with Crippen LogP contribution in [0.25, 0.3) is 0 Å². The van der Waals surface area contributed by atoms with Gasteiger partial charge in [0, 0.05) is 26.1 Å². The predicted octanol–water partition coefficient (Wildman–Crippen LogP) is 2.72. The van der Waals surface area contributed by atoms with Crippen LogP contribution in [0.4, 0.5) is 5.69 Å². The van der Waals surface area contributed by atoms with E-state index in [2.05, 4.69) is 6.92 Å². The third kappa shape index (κ3) is 4.97. The highest BCUT2D eigenvalue weighted by atomic mass is 32.2. The quantitative estimate of drug-likeness (QED) is 0.819. The fraction of sp³-hybridized carbons (Fsp3) is 0.611. The van der Waals surface area contributed by atoms with Crippen molar-refractivity contribution in [1.82, 2.24) is 4.90 Å². The second kappa shape index (κ2) is 7.55. The van der Waals surface area contributed by atoms with Crippen molar-refractivity contribution in [1.29, 1.82) is 0 Å². The monoisotopic (exact) mass is 352 g/mol. The van der Waals surface area contributed by atoms with Gasteiger partial charge in [-0.2, -0.15) is 0 Å². The smallest absolute Gasteiger partial charge is 0.232 e. The molecule has 1 aliphatic rings. The van der Waals surface area contributed by atoms with E-state index in [1.54, 1.807) is 0 Å². The predicted molar refractivity (Wildman–Crippen MR) is 97.7 cm³/mol. The van der Waals surface area contributed by atoms with Crippen LogP contribution in [0, 0.1) is 19.8 Å². The number of anilines is 1. The molecule has 0 atom stereocenters. The van der Waals surface area contributed by atoms with E-state index in [-0.39, 0.29) is 18.9 Å². The van der Waals surface area contributed by atoms with Gasteiger partial charge >= 0.3 is 0 Å². The van der Waals surface area contributed by atoms with E-state index in [9.17, 15) is 13.2 Å². The third-order valence-electron chi connectivity index (χ3n) is 4.56. The van der Waals surface area contributed by atoms with Gasteiger partial charge in [-0.1, -0.05) is 13.0 Å². The molecule has 5 nitrogen and oxygen atoms in total. The molecule has 6 heteroatoms. The summed E-state index contributed by atoms with van der Waals surface area (Å²) >= 11 is 0. The van der Waals surface area contributed by atoms with E-state index >= 15 is 0 Å². The number of piperidine rings is 1. The van der Waals surface area contributed by atoms with Gasteiger partial charge in [-0.15, -0.1) is 0 Å². The Morgan fingerprint density at radius 2 is 1.71 bits per heavy atom. The van der Waals surface area contributed by atoms with Gasteiger partial charge in [0.25, 0.3) is 0 Å². The van der Waals surface area contributed by atoms with Crippen molar-refractivity contribution in [3.05, 3.63) is 29.3 Å². The van der Waals surface area contributed by atoms with Gasteiger partial charge in [0.05, 0.1) is 11.9 Å². The highest BCUT2D eigenvalue weighted by Gasteiger charge is 2.23. The van der Waals surface area contributed by atoms with E-state index in [0.29, 0.717) is 11.6 Å². The fourth-order valence-electron chi connectivity index (χ4n) is 3.19. The first-order chi connectivity index (χ1) is 11.2. The molecule has 0 unspecified atom stereocenters. The number of sulfonamides is 1. The number of hydrogen-bond donors (Lipinski definition) is 0. The Hall–Kier alpha value is -1.56. The van der Waals surface area contributed by atoms with Crippen LogP contribution in [0.3, 0.4) is 0 Å². The summed E-state index contributed by atoms with van der Waals surface area (Å²) < 4.78 is 25.7. The molecule has 0 aromatic heterocycles. The standard InChI is InChI=1S/C18H28N2O3S/c1-14-5-8-19(9-6-14)18(21)7-10-20(24(4,22)23)17-12-15(2)11-16(3)13-17/h11-14H,5-10H2,1-4H3. The molecule has 1 amide bonds. The van der Waals surface area contributed by atoms with Crippen LogP contribution in [0.15, 0.2) is 18.2 Å². The van der Waals surface area contributed by atoms with Crippen molar-refractivity contribution >= 4 is 21.6 Å². The third-order valence-corrected chi connectivity index (χ3v) is 5.75. The summed E-state index contributed by atoms with van der Waals surface area (Å²) in [4.78, 5) is 14.3. The summed E-state index contributed by atoms with van der Waals surface area (Å²) in [5.74, 6) is 0.705. The van der Waals surface area contributed by atoms with E-state index in [1.807, 2.05) is 36.9 Å². The van der Waals surface area contributed by atoms with E-state index in [4.69, 9.17) is 0 Å². The van der Waals surface area contributed by atoms with Crippen molar-refractivity contribution in [3.8, 4) is 0 Å². The lowest BCUT2D eigenvalue weighted by Gasteiger charge is -2.31.